The Morgan fingerprint density at radius 2 is 1.93 bits per heavy atom. The van der Waals surface area contributed by atoms with E-state index in [-0.39, 0.29) is 32.9 Å². The zero-order chi connectivity index (χ0) is 21.2. The van der Waals surface area contributed by atoms with Gasteiger partial charge in [0.2, 0.25) is 10.0 Å². The van der Waals surface area contributed by atoms with Crippen LogP contribution in [0.2, 0.25) is 0 Å². The largest absolute Gasteiger partial charge is 0.305 e. The van der Waals surface area contributed by atoms with Gasteiger partial charge >= 0.3 is 0 Å². The van der Waals surface area contributed by atoms with Crippen LogP contribution < -0.4 is 15.9 Å². The van der Waals surface area contributed by atoms with Crippen LogP contribution in [0.5, 0.6) is 0 Å². The number of hydrogen-bond acceptors (Lipinski definition) is 7. The Balaban J connectivity index is 2.11. The van der Waals surface area contributed by atoms with Crippen molar-refractivity contribution in [2.75, 3.05) is 5.32 Å². The fourth-order valence-corrected chi connectivity index (χ4v) is 3.07. The number of pyridine rings is 1. The van der Waals surface area contributed by atoms with Crippen LogP contribution in [0.4, 0.5) is 5.82 Å². The average molecular weight is 409 g/mol. The van der Waals surface area contributed by atoms with Crippen LogP contribution in [-0.2, 0) is 10.0 Å². The summed E-state index contributed by atoms with van der Waals surface area (Å²) in [5.41, 5.74) is 0.164. The molecule has 0 spiro atoms. The maximum absolute atomic E-state index is 12.7. The molecule has 0 fully saturated rings. The Hall–Kier alpha value is -3.88. The number of anilines is 1. The summed E-state index contributed by atoms with van der Waals surface area (Å²) in [6.07, 6.45) is 1.51. The molecule has 0 bridgehead atoms. The van der Waals surface area contributed by atoms with Gasteiger partial charge in [-0.15, -0.1) is 0 Å². The van der Waals surface area contributed by atoms with Crippen molar-refractivity contribution >= 4 is 21.7 Å². The van der Waals surface area contributed by atoms with Gasteiger partial charge < -0.3 is 5.32 Å². The first-order chi connectivity index (χ1) is 13.7. The van der Waals surface area contributed by atoms with Gasteiger partial charge in [-0.1, -0.05) is 6.07 Å². The Labute approximate surface area is 165 Å². The van der Waals surface area contributed by atoms with E-state index in [9.17, 15) is 18.5 Å². The highest BCUT2D eigenvalue weighted by Crippen LogP contribution is 2.14. The van der Waals surface area contributed by atoms with Crippen LogP contribution >= 0.6 is 0 Å². The molecule has 2 heterocycles. The minimum atomic E-state index is -3.89. The molecule has 0 aliphatic heterocycles. The van der Waals surface area contributed by atoms with E-state index in [1.807, 2.05) is 6.07 Å². The molecule has 0 radical (unpaired) electrons. The van der Waals surface area contributed by atoms with Gasteiger partial charge in [0.25, 0.3) is 5.91 Å². The fourth-order valence-electron chi connectivity index (χ4n) is 2.56. The van der Waals surface area contributed by atoms with Crippen LogP contribution in [-0.4, -0.2) is 29.1 Å². The maximum atomic E-state index is 12.7. The molecule has 0 atom stereocenters. The normalized spacial score (nSPS) is 10.9. The zero-order valence-corrected chi connectivity index (χ0v) is 15.9. The van der Waals surface area contributed by atoms with Gasteiger partial charge in [0.1, 0.15) is 17.5 Å². The van der Waals surface area contributed by atoms with Gasteiger partial charge in [-0.3, -0.25) is 10.2 Å². The lowest BCUT2D eigenvalue weighted by Gasteiger charge is -2.13. The molecular weight excluding hydrogens is 394 g/mol. The second kappa shape index (κ2) is 7.63. The van der Waals surface area contributed by atoms with E-state index in [4.69, 9.17) is 10.5 Å². The number of nitrogens with two attached hydrogens (primary N) is 1. The molecule has 4 N–H and O–H groups in total. The van der Waals surface area contributed by atoms with Gasteiger partial charge in [-0.05, 0) is 43.3 Å². The molecule has 146 valence electrons. The quantitative estimate of drug-likeness (QED) is 0.576. The van der Waals surface area contributed by atoms with Crippen molar-refractivity contribution in [2.24, 2.45) is 5.14 Å². The van der Waals surface area contributed by atoms with E-state index in [0.717, 1.165) is 4.68 Å². The fraction of sp³-hybridized carbons (Fsp3) is 0.0556. The molecule has 3 aromatic rings. The van der Waals surface area contributed by atoms with E-state index < -0.39 is 15.9 Å². The van der Waals surface area contributed by atoms with E-state index >= 15 is 0 Å². The van der Waals surface area contributed by atoms with Crippen LogP contribution in [0, 0.1) is 23.7 Å². The third kappa shape index (κ3) is 4.03. The summed E-state index contributed by atoms with van der Waals surface area (Å²) in [6.45, 7) is 1.52. The third-order valence-electron chi connectivity index (χ3n) is 4.02. The second-order valence-corrected chi connectivity index (χ2v) is 7.49. The number of primary sulfonamides is 1. The topological polar surface area (TPSA) is 168 Å². The number of sulfonamides is 1. The number of nitriles is 1. The molecule has 0 saturated heterocycles. The number of carbonyl (C=O) groups is 1. The number of rotatable bonds is 4. The van der Waals surface area contributed by atoms with E-state index in [1.54, 1.807) is 18.2 Å². The van der Waals surface area contributed by atoms with Crippen molar-refractivity contribution in [2.45, 2.75) is 11.8 Å². The number of aromatic nitrogens is 3. The first-order valence-corrected chi connectivity index (χ1v) is 9.71. The predicted octanol–water partition coefficient (Wildman–Crippen LogP) is 0.827. The van der Waals surface area contributed by atoms with Crippen LogP contribution in [0.1, 0.15) is 21.6 Å². The Kier molecular flexibility index (Phi) is 5.22. The second-order valence-electron chi connectivity index (χ2n) is 5.93. The summed E-state index contributed by atoms with van der Waals surface area (Å²) in [4.78, 5) is 16.6. The van der Waals surface area contributed by atoms with E-state index in [1.165, 1.54) is 37.4 Å². The lowest BCUT2D eigenvalue weighted by atomic mass is 10.1. The van der Waals surface area contributed by atoms with Crippen LogP contribution in [0.25, 0.3) is 5.69 Å². The Morgan fingerprint density at radius 1 is 1.24 bits per heavy atom. The number of carbonyl (C=O) groups excluding carboxylic acids is 1. The van der Waals surface area contributed by atoms with Gasteiger partial charge in [0.15, 0.2) is 11.2 Å². The average Bonchev–Trinajstić information content (AvgIpc) is 2.68. The van der Waals surface area contributed by atoms with Crippen LogP contribution in [0.3, 0.4) is 0 Å². The van der Waals surface area contributed by atoms with Crippen molar-refractivity contribution in [1.29, 1.82) is 10.7 Å². The molecule has 0 unspecified atom stereocenters. The third-order valence-corrected chi connectivity index (χ3v) is 4.95. The molecule has 11 heteroatoms. The molecule has 1 amide bonds. The monoisotopic (exact) mass is 409 g/mol. The zero-order valence-electron chi connectivity index (χ0n) is 15.1. The van der Waals surface area contributed by atoms with E-state index in [0.29, 0.717) is 5.82 Å². The summed E-state index contributed by atoms with van der Waals surface area (Å²) < 4.78 is 23.9. The highest BCUT2D eigenvalue weighted by atomic mass is 32.2. The summed E-state index contributed by atoms with van der Waals surface area (Å²) >= 11 is 0. The molecule has 0 aliphatic rings. The molecule has 10 nitrogen and oxygen atoms in total. The lowest BCUT2D eigenvalue weighted by Crippen LogP contribution is -2.30. The number of benzene rings is 1. The van der Waals surface area contributed by atoms with Gasteiger partial charge in [0.05, 0.1) is 10.6 Å². The number of nitrogens with one attached hydrogen (secondary N) is 2. The van der Waals surface area contributed by atoms with Gasteiger partial charge in [-0.2, -0.15) is 10.4 Å². The maximum Gasteiger partial charge on any atom is 0.277 e. The SMILES string of the molecule is Cc1c(C(=O)Nc2ccccn2)nn(-c2ccc(S(N)(=O)=O)cc2)c(=N)c1C#N. The first-order valence-electron chi connectivity index (χ1n) is 8.16. The lowest BCUT2D eigenvalue weighted by molar-refractivity contribution is 0.101. The molecule has 29 heavy (non-hydrogen) atoms. The van der Waals surface area contributed by atoms with Crippen molar-refractivity contribution in [1.82, 2.24) is 14.8 Å². The summed E-state index contributed by atoms with van der Waals surface area (Å²) in [6, 6.07) is 12.1. The Bertz CT molecular complexity index is 1290. The highest BCUT2D eigenvalue weighted by molar-refractivity contribution is 7.89. The Morgan fingerprint density at radius 3 is 2.48 bits per heavy atom. The van der Waals surface area contributed by atoms with E-state index in [2.05, 4.69) is 15.4 Å². The summed E-state index contributed by atoms with van der Waals surface area (Å²) in [5.74, 6) is -0.302. The van der Waals surface area contributed by atoms with Gasteiger partial charge in [0, 0.05) is 11.8 Å². The van der Waals surface area contributed by atoms with Crippen molar-refractivity contribution in [3.63, 3.8) is 0 Å². The van der Waals surface area contributed by atoms with Gasteiger partial charge in [-0.25, -0.2) is 23.2 Å². The summed E-state index contributed by atoms with van der Waals surface area (Å²) in [7, 11) is -3.89. The molecule has 2 aromatic heterocycles. The predicted molar refractivity (Wildman–Crippen MR) is 102 cm³/mol. The highest BCUT2D eigenvalue weighted by Gasteiger charge is 2.19. The minimum Gasteiger partial charge on any atom is -0.305 e. The summed E-state index contributed by atoms with van der Waals surface area (Å²) in [5, 5.41) is 29.6. The molecule has 0 aliphatic carbocycles. The first kappa shape index (κ1) is 19.9. The molecule has 3 rings (SSSR count). The molecule has 1 aromatic carbocycles. The van der Waals surface area contributed by atoms with Crippen molar-refractivity contribution in [3.05, 3.63) is 71.0 Å². The number of hydrogen-bond donors (Lipinski definition) is 3. The smallest absolute Gasteiger partial charge is 0.277 e. The molecule has 0 saturated carbocycles. The number of amides is 1. The molecular formula is C18H15N7O3S. The number of nitrogens with zero attached hydrogens (tertiary/aromatic N) is 4. The van der Waals surface area contributed by atoms with Crippen molar-refractivity contribution < 1.29 is 13.2 Å². The standard InChI is InChI=1S/C18H15N7O3S/c1-11-14(10-19)17(20)25(12-5-7-13(8-6-12)29(21,27)28)24-16(11)18(26)23-15-4-2-3-9-22-15/h2-9,20H,1H3,(H2,21,27,28)(H,22,23,26). The van der Waals surface area contributed by atoms with Crippen molar-refractivity contribution in [3.8, 4) is 11.8 Å². The minimum absolute atomic E-state index is 0.0401. The van der Waals surface area contributed by atoms with Crippen LogP contribution in [0.15, 0.2) is 53.6 Å².